The highest BCUT2D eigenvalue weighted by Gasteiger charge is 2.34. The summed E-state index contributed by atoms with van der Waals surface area (Å²) < 4.78 is 9.77. The normalized spacial score (nSPS) is 18.6. The third-order valence-corrected chi connectivity index (χ3v) is 5.21. The first-order valence-corrected chi connectivity index (χ1v) is 9.65. The summed E-state index contributed by atoms with van der Waals surface area (Å²) in [5, 5.41) is 15.8. The van der Waals surface area contributed by atoms with E-state index in [0.29, 0.717) is 5.03 Å². The highest BCUT2D eigenvalue weighted by Crippen LogP contribution is 2.46. The molecule has 0 bridgehead atoms. The van der Waals surface area contributed by atoms with Gasteiger partial charge in [0.15, 0.2) is 5.11 Å². The average Bonchev–Trinajstić information content (AvgIpc) is 3.23. The lowest BCUT2D eigenvalue weighted by atomic mass is 10.3. The van der Waals surface area contributed by atoms with Crippen molar-refractivity contribution in [3.05, 3.63) is 47.6 Å². The second-order valence-electron chi connectivity index (χ2n) is 5.92. The highest BCUT2D eigenvalue weighted by molar-refractivity contribution is 8.03. The fourth-order valence-corrected chi connectivity index (χ4v) is 3.90. The van der Waals surface area contributed by atoms with Gasteiger partial charge in [0, 0.05) is 11.0 Å². The number of esters is 2. The van der Waals surface area contributed by atoms with Crippen LogP contribution in [0.2, 0.25) is 0 Å². The first kappa shape index (κ1) is 20.8. The Morgan fingerprint density at radius 3 is 2.69 bits per heavy atom. The molecule has 2 heterocycles. The summed E-state index contributed by atoms with van der Waals surface area (Å²) >= 11 is 6.30. The molecule has 0 aromatic heterocycles. The summed E-state index contributed by atoms with van der Waals surface area (Å²) in [6.07, 6.45) is -0.199. The monoisotopic (exact) mass is 435 g/mol. The smallest absolute Gasteiger partial charge is 0.330 e. The topological polar surface area (TPSA) is 117 Å². The molecular weight excluding hydrogens is 418 g/mol. The minimum absolute atomic E-state index is 0.189. The number of fused-ring (bicyclic) bond motifs is 1. The number of benzene rings is 1. The van der Waals surface area contributed by atoms with Crippen molar-refractivity contribution in [2.75, 3.05) is 24.7 Å². The molecule has 0 saturated carbocycles. The number of nitrogens with one attached hydrogen (secondary N) is 2. The van der Waals surface area contributed by atoms with Crippen LogP contribution in [0.1, 0.15) is 0 Å². The molecule has 11 heteroatoms. The quantitative estimate of drug-likeness (QED) is 0.316. The lowest BCUT2D eigenvalue weighted by Crippen LogP contribution is -2.32. The number of para-hydroxylation sites is 1. The van der Waals surface area contributed by atoms with Crippen molar-refractivity contribution in [1.29, 1.82) is 0 Å². The minimum atomic E-state index is -1.17. The number of aliphatic hydroxyl groups is 1. The Hall–Kier alpha value is -2.89. The lowest BCUT2D eigenvalue weighted by Gasteiger charge is -2.21. The van der Waals surface area contributed by atoms with Crippen molar-refractivity contribution in [2.45, 2.75) is 11.0 Å². The Balaban J connectivity index is 1.68. The lowest BCUT2D eigenvalue weighted by molar-refractivity contribution is -0.148. The van der Waals surface area contributed by atoms with Crippen LogP contribution >= 0.6 is 24.0 Å². The van der Waals surface area contributed by atoms with Gasteiger partial charge in [-0.25, -0.2) is 4.79 Å². The molecule has 1 aromatic carbocycles. The maximum absolute atomic E-state index is 12.3. The van der Waals surface area contributed by atoms with Crippen LogP contribution in [-0.4, -0.2) is 53.9 Å². The van der Waals surface area contributed by atoms with E-state index in [9.17, 15) is 19.5 Å². The number of hydrogen-bond donors (Lipinski definition) is 3. The van der Waals surface area contributed by atoms with Crippen LogP contribution in [0.3, 0.4) is 0 Å². The van der Waals surface area contributed by atoms with Gasteiger partial charge in [0.1, 0.15) is 36.6 Å². The molecule has 29 heavy (non-hydrogen) atoms. The summed E-state index contributed by atoms with van der Waals surface area (Å²) in [6.45, 7) is 2.38. The van der Waals surface area contributed by atoms with Crippen LogP contribution in [0, 0.1) is 0 Å². The molecule has 1 atom stereocenters. The van der Waals surface area contributed by atoms with Crippen molar-refractivity contribution in [1.82, 2.24) is 10.6 Å². The van der Waals surface area contributed by atoms with E-state index >= 15 is 0 Å². The molecule has 1 aromatic rings. The predicted octanol–water partition coefficient (Wildman–Crippen LogP) is 0.405. The molecule has 1 unspecified atom stereocenters. The van der Waals surface area contributed by atoms with Gasteiger partial charge in [0.25, 0.3) is 5.91 Å². The Labute approximate surface area is 175 Å². The Morgan fingerprint density at radius 1 is 1.28 bits per heavy atom. The van der Waals surface area contributed by atoms with Crippen LogP contribution < -0.4 is 15.5 Å². The molecule has 9 nitrogen and oxygen atoms in total. The highest BCUT2D eigenvalue weighted by atomic mass is 32.2. The summed E-state index contributed by atoms with van der Waals surface area (Å²) in [5.41, 5.74) is 0.991. The molecule has 2 aliphatic heterocycles. The molecule has 0 aliphatic carbocycles. The number of thioether (sulfide) groups is 1. The number of ether oxygens (including phenoxy) is 2. The number of thiocarbonyl (C=S) groups is 1. The van der Waals surface area contributed by atoms with Crippen LogP contribution in [0.25, 0.3) is 0 Å². The van der Waals surface area contributed by atoms with Gasteiger partial charge >= 0.3 is 11.9 Å². The second-order valence-corrected chi connectivity index (χ2v) is 7.35. The number of rotatable bonds is 7. The standard InChI is InChI=1S/C18H17N3O6S2/c1-2-13(23)26-8-10(22)9-27-14(24)7-21-11-5-3-4-6-12(11)29-17(21)15-16(25)20-18(28)19-15/h2-6,10,22H,1,7-9H2,(H2,19,20,25,28)/b17-15+. The molecule has 3 rings (SSSR count). The van der Waals surface area contributed by atoms with Crippen molar-refractivity contribution >= 4 is 52.6 Å². The van der Waals surface area contributed by atoms with Gasteiger partial charge in [0.05, 0.1) is 5.69 Å². The van der Waals surface area contributed by atoms with E-state index in [2.05, 4.69) is 21.9 Å². The number of aliphatic hydroxyl groups excluding tert-OH is 1. The summed E-state index contributed by atoms with van der Waals surface area (Å²) in [6, 6.07) is 7.35. The third-order valence-electron chi connectivity index (χ3n) is 3.82. The van der Waals surface area contributed by atoms with Gasteiger partial charge in [-0.1, -0.05) is 30.5 Å². The fourth-order valence-electron chi connectivity index (χ4n) is 2.55. The van der Waals surface area contributed by atoms with Gasteiger partial charge in [-0.15, -0.1) is 0 Å². The SMILES string of the molecule is C=CC(=O)OCC(O)COC(=O)CN1/C(=C2\NC(=S)NC2=O)Sc2ccccc21. The van der Waals surface area contributed by atoms with Crippen LogP contribution in [0.4, 0.5) is 5.69 Å². The zero-order chi connectivity index (χ0) is 21.0. The summed E-state index contributed by atoms with van der Waals surface area (Å²) in [4.78, 5) is 38.0. The first-order valence-electron chi connectivity index (χ1n) is 8.43. The van der Waals surface area contributed by atoms with Gasteiger partial charge in [0.2, 0.25) is 0 Å². The van der Waals surface area contributed by atoms with E-state index in [-0.39, 0.29) is 36.5 Å². The third kappa shape index (κ3) is 4.94. The largest absolute Gasteiger partial charge is 0.461 e. The number of hydrogen-bond acceptors (Lipinski definition) is 9. The van der Waals surface area contributed by atoms with Crippen LogP contribution in [-0.2, 0) is 23.9 Å². The van der Waals surface area contributed by atoms with Gasteiger partial charge < -0.3 is 24.8 Å². The molecular formula is C18H17N3O6S2. The van der Waals surface area contributed by atoms with Crippen LogP contribution in [0.15, 0.2) is 52.5 Å². The molecule has 1 fully saturated rings. The molecule has 1 amide bonds. The number of carbonyl (C=O) groups excluding carboxylic acids is 3. The molecule has 3 N–H and O–H groups in total. The van der Waals surface area contributed by atoms with Crippen LogP contribution in [0.5, 0.6) is 0 Å². The average molecular weight is 435 g/mol. The molecule has 152 valence electrons. The maximum Gasteiger partial charge on any atom is 0.330 e. The number of nitrogens with zero attached hydrogens (tertiary/aromatic N) is 1. The van der Waals surface area contributed by atoms with Gasteiger partial charge in [-0.2, -0.15) is 0 Å². The second kappa shape index (κ2) is 9.07. The van der Waals surface area contributed by atoms with E-state index < -0.39 is 18.0 Å². The minimum Gasteiger partial charge on any atom is -0.461 e. The first-order chi connectivity index (χ1) is 13.9. The Kier molecular flexibility index (Phi) is 6.52. The van der Waals surface area contributed by atoms with E-state index in [0.717, 1.165) is 16.7 Å². The van der Waals surface area contributed by atoms with Crippen molar-refractivity contribution in [2.24, 2.45) is 0 Å². The fraction of sp³-hybridized carbons (Fsp3) is 0.222. The molecule has 0 radical (unpaired) electrons. The Bertz CT molecular complexity index is 917. The van der Waals surface area contributed by atoms with Crippen molar-refractivity contribution in [3.63, 3.8) is 0 Å². The molecule has 1 saturated heterocycles. The number of anilines is 1. The molecule has 2 aliphatic rings. The van der Waals surface area contributed by atoms with Gasteiger partial charge in [-0.05, 0) is 24.4 Å². The van der Waals surface area contributed by atoms with Gasteiger partial charge in [-0.3, -0.25) is 14.9 Å². The van der Waals surface area contributed by atoms with Crippen molar-refractivity contribution in [3.8, 4) is 0 Å². The maximum atomic E-state index is 12.3. The predicted molar refractivity (Wildman–Crippen MR) is 109 cm³/mol. The Morgan fingerprint density at radius 2 is 2.00 bits per heavy atom. The number of amides is 1. The van der Waals surface area contributed by atoms with E-state index in [1.165, 1.54) is 11.8 Å². The summed E-state index contributed by atoms with van der Waals surface area (Å²) in [5.74, 6) is -1.70. The van der Waals surface area contributed by atoms with E-state index in [1.807, 2.05) is 24.3 Å². The number of carbonyl (C=O) groups is 3. The van der Waals surface area contributed by atoms with E-state index in [4.69, 9.17) is 17.0 Å². The van der Waals surface area contributed by atoms with E-state index in [1.54, 1.807) is 4.90 Å². The van der Waals surface area contributed by atoms with Crippen molar-refractivity contribution < 1.29 is 29.0 Å². The zero-order valence-corrected chi connectivity index (χ0v) is 16.7. The molecule has 0 spiro atoms. The zero-order valence-electron chi connectivity index (χ0n) is 15.0. The summed E-state index contributed by atoms with van der Waals surface area (Å²) in [7, 11) is 0.